The minimum Gasteiger partial charge on any atom is -0.496 e. The van der Waals surface area contributed by atoms with E-state index in [9.17, 15) is 0 Å². The van der Waals surface area contributed by atoms with Crippen molar-refractivity contribution in [3.05, 3.63) is 54.1 Å². The number of hydrogen-bond donors (Lipinski definition) is 1. The molecule has 0 aliphatic carbocycles. The molecule has 1 unspecified atom stereocenters. The minimum absolute atomic E-state index is 0. The second kappa shape index (κ2) is 7.77. The molecule has 0 saturated carbocycles. The zero-order valence-electron chi connectivity index (χ0n) is 14.8. The quantitative estimate of drug-likeness (QED) is 0.895. The average Bonchev–Trinajstić information content (AvgIpc) is 3.25. The van der Waals surface area contributed by atoms with Crippen molar-refractivity contribution in [3.63, 3.8) is 0 Å². The van der Waals surface area contributed by atoms with Gasteiger partial charge in [-0.2, -0.15) is 0 Å². The van der Waals surface area contributed by atoms with Crippen LogP contribution in [0.15, 0.2) is 48.5 Å². The molecular weight excluding hydrogens is 332 g/mol. The van der Waals surface area contributed by atoms with Crippen LogP contribution in [0.25, 0.3) is 11.1 Å². The highest BCUT2D eigenvalue weighted by molar-refractivity contribution is 5.85. The van der Waals surface area contributed by atoms with E-state index < -0.39 is 0 Å². The van der Waals surface area contributed by atoms with Gasteiger partial charge >= 0.3 is 0 Å². The van der Waals surface area contributed by atoms with Crippen LogP contribution in [0.1, 0.15) is 18.4 Å². The molecule has 0 amide bonds. The van der Waals surface area contributed by atoms with Crippen molar-refractivity contribution in [2.75, 3.05) is 33.3 Å². The molecule has 4 rings (SSSR count). The molecule has 2 heterocycles. The Labute approximate surface area is 156 Å². The lowest BCUT2D eigenvalue weighted by molar-refractivity contribution is 0.268. The van der Waals surface area contributed by atoms with Gasteiger partial charge in [0.1, 0.15) is 5.75 Å². The second-order valence-electron chi connectivity index (χ2n) is 7.28. The predicted octanol–water partition coefficient (Wildman–Crippen LogP) is 3.97. The summed E-state index contributed by atoms with van der Waals surface area (Å²) in [4.78, 5) is 2.62. The third-order valence-corrected chi connectivity index (χ3v) is 5.63. The van der Waals surface area contributed by atoms with Crippen LogP contribution >= 0.6 is 12.4 Å². The highest BCUT2D eigenvalue weighted by atomic mass is 35.5. The molecule has 2 fully saturated rings. The highest BCUT2D eigenvalue weighted by Gasteiger charge is 2.39. The van der Waals surface area contributed by atoms with Gasteiger partial charge in [-0.1, -0.05) is 42.5 Å². The van der Waals surface area contributed by atoms with Crippen molar-refractivity contribution in [3.8, 4) is 16.9 Å². The van der Waals surface area contributed by atoms with Gasteiger partial charge in [-0.25, -0.2) is 0 Å². The monoisotopic (exact) mass is 358 g/mol. The van der Waals surface area contributed by atoms with Crippen molar-refractivity contribution in [1.82, 2.24) is 10.2 Å². The number of rotatable bonds is 4. The van der Waals surface area contributed by atoms with Crippen molar-refractivity contribution < 1.29 is 4.74 Å². The molecule has 134 valence electrons. The Kier molecular flexibility index (Phi) is 5.67. The van der Waals surface area contributed by atoms with E-state index in [0.717, 1.165) is 17.9 Å². The molecule has 1 N–H and O–H groups in total. The molecule has 3 nitrogen and oxygen atoms in total. The summed E-state index contributed by atoms with van der Waals surface area (Å²) >= 11 is 0. The van der Waals surface area contributed by atoms with Gasteiger partial charge in [0, 0.05) is 25.2 Å². The standard InChI is InChI=1S/C21H26N2O.ClH/c1-24-20-5-3-2-4-19(20)18-8-6-17(7-9-18)14-23-13-11-21(16-23)10-12-22-15-21;/h2-9,22H,10-16H2,1H3;1H. The molecule has 25 heavy (non-hydrogen) atoms. The Morgan fingerprint density at radius 1 is 1.08 bits per heavy atom. The normalized spacial score (nSPS) is 22.9. The Morgan fingerprint density at radius 2 is 1.88 bits per heavy atom. The van der Waals surface area contributed by atoms with Gasteiger partial charge in [-0.3, -0.25) is 4.90 Å². The van der Waals surface area contributed by atoms with Gasteiger partial charge in [0.05, 0.1) is 7.11 Å². The van der Waals surface area contributed by atoms with Crippen LogP contribution in [0.3, 0.4) is 0 Å². The van der Waals surface area contributed by atoms with E-state index in [4.69, 9.17) is 4.74 Å². The summed E-state index contributed by atoms with van der Waals surface area (Å²) in [6, 6.07) is 17.2. The second-order valence-corrected chi connectivity index (χ2v) is 7.28. The number of para-hydroxylation sites is 1. The smallest absolute Gasteiger partial charge is 0.126 e. The fraction of sp³-hybridized carbons (Fsp3) is 0.429. The number of benzene rings is 2. The van der Waals surface area contributed by atoms with E-state index >= 15 is 0 Å². The molecule has 2 aromatic rings. The van der Waals surface area contributed by atoms with E-state index in [2.05, 4.69) is 46.6 Å². The molecule has 0 aromatic heterocycles. The summed E-state index contributed by atoms with van der Waals surface area (Å²) in [6.45, 7) is 5.94. The van der Waals surface area contributed by atoms with Gasteiger partial charge in [-0.05, 0) is 48.5 Å². The Morgan fingerprint density at radius 3 is 2.60 bits per heavy atom. The van der Waals surface area contributed by atoms with Crippen LogP contribution in [-0.4, -0.2) is 38.2 Å². The van der Waals surface area contributed by atoms with Gasteiger partial charge in [-0.15, -0.1) is 12.4 Å². The van der Waals surface area contributed by atoms with Gasteiger partial charge in [0.2, 0.25) is 0 Å². The largest absolute Gasteiger partial charge is 0.496 e. The average molecular weight is 359 g/mol. The summed E-state index contributed by atoms with van der Waals surface area (Å²) in [6.07, 6.45) is 2.69. The number of nitrogens with zero attached hydrogens (tertiary/aromatic N) is 1. The molecular formula is C21H27ClN2O. The molecule has 2 aromatic carbocycles. The van der Waals surface area contributed by atoms with E-state index in [0.29, 0.717) is 5.41 Å². The number of ether oxygens (including phenoxy) is 1. The zero-order valence-corrected chi connectivity index (χ0v) is 15.6. The molecule has 2 aliphatic heterocycles. The maximum absolute atomic E-state index is 5.48. The number of methoxy groups -OCH3 is 1. The van der Waals surface area contributed by atoms with Crippen LogP contribution in [0.4, 0.5) is 0 Å². The molecule has 0 bridgehead atoms. The molecule has 2 aliphatic rings. The van der Waals surface area contributed by atoms with Crippen molar-refractivity contribution in [2.45, 2.75) is 19.4 Å². The molecule has 1 spiro atoms. The van der Waals surface area contributed by atoms with Crippen molar-refractivity contribution in [2.24, 2.45) is 5.41 Å². The maximum Gasteiger partial charge on any atom is 0.126 e. The Balaban J connectivity index is 0.00000182. The lowest BCUT2D eigenvalue weighted by atomic mass is 9.86. The van der Waals surface area contributed by atoms with Gasteiger partial charge in [0.25, 0.3) is 0 Å². The lowest BCUT2D eigenvalue weighted by Gasteiger charge is -2.23. The minimum atomic E-state index is 0. The number of halogens is 1. The first-order valence-electron chi connectivity index (χ1n) is 8.93. The predicted molar refractivity (Wildman–Crippen MR) is 105 cm³/mol. The SMILES string of the molecule is COc1ccccc1-c1ccc(CN2CCC3(CCNC3)C2)cc1.Cl. The van der Waals surface area contributed by atoms with E-state index in [-0.39, 0.29) is 12.4 Å². The molecule has 4 heteroatoms. The van der Waals surface area contributed by atoms with E-state index in [1.807, 2.05) is 12.1 Å². The maximum atomic E-state index is 5.48. The summed E-state index contributed by atoms with van der Waals surface area (Å²) in [5.41, 5.74) is 4.33. The fourth-order valence-electron chi connectivity index (χ4n) is 4.24. The third kappa shape index (κ3) is 3.84. The highest BCUT2D eigenvalue weighted by Crippen LogP contribution is 2.36. The number of likely N-dealkylation sites (tertiary alicyclic amines) is 1. The third-order valence-electron chi connectivity index (χ3n) is 5.63. The van der Waals surface area contributed by atoms with Crippen LogP contribution < -0.4 is 10.1 Å². The topological polar surface area (TPSA) is 24.5 Å². The lowest BCUT2D eigenvalue weighted by Crippen LogP contribution is -2.28. The summed E-state index contributed by atoms with van der Waals surface area (Å²) in [7, 11) is 1.73. The van der Waals surface area contributed by atoms with E-state index in [1.165, 1.54) is 50.1 Å². The van der Waals surface area contributed by atoms with Crippen LogP contribution in [0.5, 0.6) is 5.75 Å². The summed E-state index contributed by atoms with van der Waals surface area (Å²) < 4.78 is 5.48. The number of nitrogens with one attached hydrogen (secondary N) is 1. The van der Waals surface area contributed by atoms with Gasteiger partial charge in [0.15, 0.2) is 0 Å². The van der Waals surface area contributed by atoms with Crippen molar-refractivity contribution in [1.29, 1.82) is 0 Å². The first kappa shape index (κ1) is 18.2. The fourth-order valence-corrected chi connectivity index (χ4v) is 4.24. The van der Waals surface area contributed by atoms with Crippen LogP contribution in [0, 0.1) is 5.41 Å². The summed E-state index contributed by atoms with van der Waals surface area (Å²) in [5.74, 6) is 0.931. The summed E-state index contributed by atoms with van der Waals surface area (Å²) in [5, 5.41) is 3.54. The number of hydrogen-bond acceptors (Lipinski definition) is 3. The Bertz CT molecular complexity index is 695. The zero-order chi connectivity index (χ0) is 16.4. The van der Waals surface area contributed by atoms with Crippen molar-refractivity contribution >= 4 is 12.4 Å². The van der Waals surface area contributed by atoms with E-state index in [1.54, 1.807) is 7.11 Å². The molecule has 1 atom stereocenters. The first-order chi connectivity index (χ1) is 11.8. The van der Waals surface area contributed by atoms with Gasteiger partial charge < -0.3 is 10.1 Å². The Hall–Kier alpha value is -1.55. The molecule has 2 saturated heterocycles. The first-order valence-corrected chi connectivity index (χ1v) is 8.93. The van der Waals surface area contributed by atoms with Crippen LogP contribution in [-0.2, 0) is 6.54 Å². The van der Waals surface area contributed by atoms with Crippen LogP contribution in [0.2, 0.25) is 0 Å². The molecule has 0 radical (unpaired) electrons.